The molecule has 1 aliphatic rings. The van der Waals surface area contributed by atoms with E-state index >= 15 is 0 Å². The van der Waals surface area contributed by atoms with Crippen LogP contribution in [-0.2, 0) is 19.4 Å². The highest BCUT2D eigenvalue weighted by atomic mass is 16.5. The van der Waals surface area contributed by atoms with Gasteiger partial charge in [-0.05, 0) is 53.4 Å². The van der Waals surface area contributed by atoms with Gasteiger partial charge in [0, 0.05) is 25.1 Å². The third-order valence-electron chi connectivity index (χ3n) is 5.90. The zero-order valence-electron chi connectivity index (χ0n) is 18.1. The zero-order chi connectivity index (χ0) is 22.1. The molecule has 0 spiro atoms. The molecule has 0 unspecified atom stereocenters. The molecule has 0 radical (unpaired) electrons. The monoisotopic (exact) mass is 428 g/mol. The summed E-state index contributed by atoms with van der Waals surface area (Å²) in [5, 5.41) is 0. The average molecular weight is 428 g/mol. The summed E-state index contributed by atoms with van der Waals surface area (Å²) in [6.45, 7) is 1.35. The molecule has 0 aliphatic carbocycles. The van der Waals surface area contributed by atoms with Crippen molar-refractivity contribution in [2.45, 2.75) is 19.4 Å². The largest absolute Gasteiger partial charge is 0.493 e. The van der Waals surface area contributed by atoms with Crippen molar-refractivity contribution in [1.29, 1.82) is 0 Å². The van der Waals surface area contributed by atoms with Gasteiger partial charge < -0.3 is 18.8 Å². The molecule has 5 rings (SSSR count). The number of benzene rings is 3. The van der Waals surface area contributed by atoms with Gasteiger partial charge in [-0.15, -0.1) is 0 Å². The van der Waals surface area contributed by atoms with Crippen LogP contribution >= 0.6 is 0 Å². The summed E-state index contributed by atoms with van der Waals surface area (Å²) in [7, 11) is 3.22. The SMILES string of the molecule is COc1ccc(Cc2nc3ccc(C(=O)N4CCc5ccccc5C4)cc3o2)cc1OC. The molecule has 6 heteroatoms. The van der Waals surface area contributed by atoms with Crippen molar-refractivity contribution in [3.05, 3.63) is 88.8 Å². The number of amides is 1. The normalized spacial score (nSPS) is 13.1. The molecule has 0 saturated carbocycles. The lowest BCUT2D eigenvalue weighted by atomic mass is 9.99. The Morgan fingerprint density at radius 3 is 2.62 bits per heavy atom. The van der Waals surface area contributed by atoms with Gasteiger partial charge in [-0.25, -0.2) is 4.98 Å². The molecule has 32 heavy (non-hydrogen) atoms. The van der Waals surface area contributed by atoms with Gasteiger partial charge >= 0.3 is 0 Å². The summed E-state index contributed by atoms with van der Waals surface area (Å²) >= 11 is 0. The first-order chi connectivity index (χ1) is 15.6. The molecule has 2 heterocycles. The third kappa shape index (κ3) is 3.80. The highest BCUT2D eigenvalue weighted by Gasteiger charge is 2.22. The lowest BCUT2D eigenvalue weighted by Crippen LogP contribution is -2.35. The first-order valence-electron chi connectivity index (χ1n) is 10.6. The van der Waals surface area contributed by atoms with Crippen LogP contribution < -0.4 is 9.47 Å². The van der Waals surface area contributed by atoms with Crippen molar-refractivity contribution in [3.63, 3.8) is 0 Å². The molecule has 0 bridgehead atoms. The summed E-state index contributed by atoms with van der Waals surface area (Å²) in [5.74, 6) is 1.94. The van der Waals surface area contributed by atoms with Crippen molar-refractivity contribution in [2.24, 2.45) is 0 Å². The fraction of sp³-hybridized carbons (Fsp3) is 0.231. The van der Waals surface area contributed by atoms with Crippen LogP contribution in [0.3, 0.4) is 0 Å². The summed E-state index contributed by atoms with van der Waals surface area (Å²) in [4.78, 5) is 19.6. The Balaban J connectivity index is 1.36. The number of hydrogen-bond acceptors (Lipinski definition) is 5. The van der Waals surface area contributed by atoms with Gasteiger partial charge in [-0.3, -0.25) is 4.79 Å². The highest BCUT2D eigenvalue weighted by molar-refractivity contribution is 5.97. The van der Waals surface area contributed by atoms with E-state index in [0.29, 0.717) is 41.5 Å². The van der Waals surface area contributed by atoms with E-state index in [4.69, 9.17) is 13.9 Å². The van der Waals surface area contributed by atoms with Crippen molar-refractivity contribution >= 4 is 17.0 Å². The first-order valence-corrected chi connectivity index (χ1v) is 10.6. The van der Waals surface area contributed by atoms with E-state index in [0.717, 1.165) is 24.0 Å². The van der Waals surface area contributed by atoms with Crippen LogP contribution in [0, 0.1) is 0 Å². The van der Waals surface area contributed by atoms with E-state index in [9.17, 15) is 4.79 Å². The molecule has 1 amide bonds. The minimum atomic E-state index is 0.0132. The molecule has 0 atom stereocenters. The topological polar surface area (TPSA) is 64.8 Å². The first kappa shape index (κ1) is 20.1. The Morgan fingerprint density at radius 1 is 1.00 bits per heavy atom. The van der Waals surface area contributed by atoms with Crippen molar-refractivity contribution < 1.29 is 18.7 Å². The van der Waals surface area contributed by atoms with Crippen LogP contribution in [0.15, 0.2) is 65.1 Å². The van der Waals surface area contributed by atoms with Crippen LogP contribution in [0.25, 0.3) is 11.1 Å². The number of rotatable bonds is 5. The number of aromatic nitrogens is 1. The number of oxazole rings is 1. The lowest BCUT2D eigenvalue weighted by molar-refractivity contribution is 0.0734. The smallest absolute Gasteiger partial charge is 0.254 e. The lowest BCUT2D eigenvalue weighted by Gasteiger charge is -2.28. The summed E-state index contributed by atoms with van der Waals surface area (Å²) < 4.78 is 16.7. The second-order valence-corrected chi connectivity index (χ2v) is 7.90. The van der Waals surface area contributed by atoms with Gasteiger partial charge in [0.2, 0.25) is 0 Å². The molecule has 0 saturated heterocycles. The van der Waals surface area contributed by atoms with Gasteiger partial charge in [-0.1, -0.05) is 30.3 Å². The van der Waals surface area contributed by atoms with Crippen molar-refractivity contribution in [3.8, 4) is 11.5 Å². The van der Waals surface area contributed by atoms with Crippen molar-refractivity contribution in [1.82, 2.24) is 9.88 Å². The number of methoxy groups -OCH3 is 2. The van der Waals surface area contributed by atoms with Gasteiger partial charge in [0.25, 0.3) is 5.91 Å². The van der Waals surface area contributed by atoms with E-state index in [-0.39, 0.29) is 5.91 Å². The molecule has 1 aliphatic heterocycles. The number of hydrogen-bond donors (Lipinski definition) is 0. The molecule has 6 nitrogen and oxygen atoms in total. The summed E-state index contributed by atoms with van der Waals surface area (Å²) in [5.41, 5.74) is 5.50. The maximum Gasteiger partial charge on any atom is 0.254 e. The molecule has 3 aromatic carbocycles. The minimum Gasteiger partial charge on any atom is -0.493 e. The summed E-state index contributed by atoms with van der Waals surface area (Å²) in [6.07, 6.45) is 1.39. The quantitative estimate of drug-likeness (QED) is 0.464. The van der Waals surface area contributed by atoms with E-state index in [1.807, 2.05) is 47.4 Å². The molecule has 1 aromatic heterocycles. The Hall–Kier alpha value is -3.80. The van der Waals surface area contributed by atoms with Crippen LogP contribution in [-0.4, -0.2) is 36.6 Å². The Labute approximate surface area is 186 Å². The van der Waals surface area contributed by atoms with Gasteiger partial charge in [-0.2, -0.15) is 0 Å². The molecular formula is C26H24N2O4. The second kappa shape index (κ2) is 8.38. The fourth-order valence-corrected chi connectivity index (χ4v) is 4.20. The average Bonchev–Trinajstić information content (AvgIpc) is 3.24. The standard InChI is InChI=1S/C26H24N2O4/c1-30-22-10-7-17(13-24(22)31-2)14-25-27-21-9-8-19(15-23(21)32-25)26(29)28-12-11-18-5-3-4-6-20(18)16-28/h3-10,13,15H,11-12,14,16H2,1-2H3. The van der Waals surface area contributed by atoms with Gasteiger partial charge in [0.15, 0.2) is 23.0 Å². The maximum absolute atomic E-state index is 13.1. The van der Waals surface area contributed by atoms with Crippen LogP contribution in [0.4, 0.5) is 0 Å². The highest BCUT2D eigenvalue weighted by Crippen LogP contribution is 2.29. The van der Waals surface area contributed by atoms with Crippen molar-refractivity contribution in [2.75, 3.05) is 20.8 Å². The summed E-state index contributed by atoms with van der Waals surface area (Å²) in [6, 6.07) is 19.5. The van der Waals surface area contributed by atoms with E-state index in [1.165, 1.54) is 11.1 Å². The fourth-order valence-electron chi connectivity index (χ4n) is 4.20. The van der Waals surface area contributed by atoms with Crippen LogP contribution in [0.2, 0.25) is 0 Å². The zero-order valence-corrected chi connectivity index (χ0v) is 18.1. The Morgan fingerprint density at radius 2 is 1.81 bits per heavy atom. The van der Waals surface area contributed by atoms with E-state index < -0.39 is 0 Å². The predicted octanol–water partition coefficient (Wildman–Crippen LogP) is 4.63. The molecular weight excluding hydrogens is 404 g/mol. The second-order valence-electron chi connectivity index (χ2n) is 7.90. The molecule has 0 N–H and O–H groups in total. The van der Waals surface area contributed by atoms with Gasteiger partial charge in [0.1, 0.15) is 5.52 Å². The predicted molar refractivity (Wildman–Crippen MR) is 121 cm³/mol. The third-order valence-corrected chi connectivity index (χ3v) is 5.90. The number of nitrogens with zero attached hydrogens (tertiary/aromatic N) is 2. The number of carbonyl (C=O) groups excluding carboxylic acids is 1. The number of fused-ring (bicyclic) bond motifs is 2. The number of carbonyl (C=O) groups is 1. The Bertz CT molecular complexity index is 1290. The Kier molecular flexibility index (Phi) is 5.27. The molecule has 0 fully saturated rings. The number of ether oxygens (including phenoxy) is 2. The van der Waals surface area contributed by atoms with Gasteiger partial charge in [0.05, 0.1) is 14.2 Å². The molecule has 162 valence electrons. The molecule has 4 aromatic rings. The van der Waals surface area contributed by atoms with Crippen LogP contribution in [0.1, 0.15) is 32.9 Å². The van der Waals surface area contributed by atoms with E-state index in [1.54, 1.807) is 20.3 Å². The maximum atomic E-state index is 13.1. The van der Waals surface area contributed by atoms with Crippen LogP contribution in [0.5, 0.6) is 11.5 Å². The minimum absolute atomic E-state index is 0.0132. The van der Waals surface area contributed by atoms with E-state index in [2.05, 4.69) is 17.1 Å².